The zero-order valence-corrected chi connectivity index (χ0v) is 9.19. The summed E-state index contributed by atoms with van der Waals surface area (Å²) in [5.41, 5.74) is 6.16. The molecule has 1 amide bonds. The quantitative estimate of drug-likeness (QED) is 0.803. The molecule has 0 heterocycles. The average Bonchev–Trinajstić information content (AvgIpc) is 2.25. The van der Waals surface area contributed by atoms with Crippen LogP contribution in [0.3, 0.4) is 0 Å². The molecule has 3 nitrogen and oxygen atoms in total. The lowest BCUT2D eigenvalue weighted by Crippen LogP contribution is -2.20. The van der Waals surface area contributed by atoms with Crippen molar-refractivity contribution in [2.75, 3.05) is 6.61 Å². The fourth-order valence-corrected chi connectivity index (χ4v) is 1.39. The van der Waals surface area contributed by atoms with Crippen LogP contribution in [0.1, 0.15) is 31.7 Å². The lowest BCUT2D eigenvalue weighted by Gasteiger charge is -2.14. The molecule has 1 unspecified atom stereocenters. The molecule has 15 heavy (non-hydrogen) atoms. The molecule has 0 bridgehead atoms. The van der Waals surface area contributed by atoms with Crippen LogP contribution in [0.15, 0.2) is 24.3 Å². The van der Waals surface area contributed by atoms with E-state index >= 15 is 0 Å². The minimum Gasteiger partial charge on any atom is -0.483 e. The van der Waals surface area contributed by atoms with E-state index in [1.807, 2.05) is 24.3 Å². The summed E-state index contributed by atoms with van der Waals surface area (Å²) < 4.78 is 5.35. The van der Waals surface area contributed by atoms with Crippen LogP contribution < -0.4 is 10.5 Å². The van der Waals surface area contributed by atoms with Crippen molar-refractivity contribution in [2.45, 2.75) is 26.2 Å². The van der Waals surface area contributed by atoms with Gasteiger partial charge in [0.1, 0.15) is 5.75 Å². The summed E-state index contributed by atoms with van der Waals surface area (Å²) >= 11 is 0. The van der Waals surface area contributed by atoms with Crippen LogP contribution in [0.2, 0.25) is 0 Å². The number of nitrogens with two attached hydrogens (primary N) is 1. The summed E-state index contributed by atoms with van der Waals surface area (Å²) in [5.74, 6) is 0.730. The second-order valence-electron chi connectivity index (χ2n) is 3.60. The number of carbonyl (C=O) groups is 1. The highest BCUT2D eigenvalue weighted by molar-refractivity contribution is 5.75. The SMILES string of the molecule is CCC(C)c1ccccc1OCC(N)=O. The Balaban J connectivity index is 2.81. The van der Waals surface area contributed by atoms with Crippen molar-refractivity contribution in [3.63, 3.8) is 0 Å². The summed E-state index contributed by atoms with van der Waals surface area (Å²) in [6.45, 7) is 4.19. The Morgan fingerprint density at radius 3 is 2.73 bits per heavy atom. The summed E-state index contributed by atoms with van der Waals surface area (Å²) in [4.78, 5) is 10.6. The molecule has 0 aliphatic rings. The number of ether oxygens (including phenoxy) is 1. The van der Waals surface area contributed by atoms with Crippen LogP contribution in [0.4, 0.5) is 0 Å². The Morgan fingerprint density at radius 1 is 1.47 bits per heavy atom. The van der Waals surface area contributed by atoms with E-state index in [1.165, 1.54) is 0 Å². The van der Waals surface area contributed by atoms with E-state index in [0.29, 0.717) is 5.92 Å². The van der Waals surface area contributed by atoms with Gasteiger partial charge in [-0.3, -0.25) is 4.79 Å². The Morgan fingerprint density at radius 2 is 2.13 bits per heavy atom. The van der Waals surface area contributed by atoms with E-state index in [-0.39, 0.29) is 6.61 Å². The predicted molar refractivity (Wildman–Crippen MR) is 59.8 cm³/mol. The van der Waals surface area contributed by atoms with E-state index in [2.05, 4.69) is 13.8 Å². The van der Waals surface area contributed by atoms with E-state index < -0.39 is 5.91 Å². The largest absolute Gasteiger partial charge is 0.483 e. The minimum absolute atomic E-state index is 0.0621. The van der Waals surface area contributed by atoms with Crippen LogP contribution in [0.25, 0.3) is 0 Å². The van der Waals surface area contributed by atoms with E-state index in [4.69, 9.17) is 10.5 Å². The molecule has 1 rings (SSSR count). The summed E-state index contributed by atoms with van der Waals surface area (Å²) in [6, 6.07) is 7.75. The van der Waals surface area contributed by atoms with Crippen molar-refractivity contribution in [3.05, 3.63) is 29.8 Å². The van der Waals surface area contributed by atoms with Gasteiger partial charge in [-0.05, 0) is 24.0 Å². The molecule has 1 atom stereocenters. The van der Waals surface area contributed by atoms with Gasteiger partial charge in [0, 0.05) is 0 Å². The van der Waals surface area contributed by atoms with Crippen LogP contribution in [-0.2, 0) is 4.79 Å². The molecule has 0 aliphatic heterocycles. The van der Waals surface area contributed by atoms with Crippen molar-refractivity contribution in [1.29, 1.82) is 0 Å². The highest BCUT2D eigenvalue weighted by Crippen LogP contribution is 2.28. The third-order valence-corrected chi connectivity index (χ3v) is 2.43. The van der Waals surface area contributed by atoms with Gasteiger partial charge in [-0.2, -0.15) is 0 Å². The zero-order valence-electron chi connectivity index (χ0n) is 9.19. The fraction of sp³-hybridized carbons (Fsp3) is 0.417. The number of para-hydroxylation sites is 1. The first-order chi connectivity index (χ1) is 7.15. The summed E-state index contributed by atoms with van der Waals surface area (Å²) in [6.07, 6.45) is 1.04. The van der Waals surface area contributed by atoms with Crippen LogP contribution in [0.5, 0.6) is 5.75 Å². The van der Waals surface area contributed by atoms with Gasteiger partial charge < -0.3 is 10.5 Å². The third kappa shape index (κ3) is 3.27. The molecule has 2 N–H and O–H groups in total. The smallest absolute Gasteiger partial charge is 0.255 e. The topological polar surface area (TPSA) is 52.3 Å². The van der Waals surface area contributed by atoms with E-state index in [9.17, 15) is 4.79 Å². The van der Waals surface area contributed by atoms with Gasteiger partial charge >= 0.3 is 0 Å². The molecule has 3 heteroatoms. The Labute approximate surface area is 90.2 Å². The fourth-order valence-electron chi connectivity index (χ4n) is 1.39. The van der Waals surface area contributed by atoms with Gasteiger partial charge in [-0.1, -0.05) is 32.0 Å². The van der Waals surface area contributed by atoms with Crippen molar-refractivity contribution < 1.29 is 9.53 Å². The molecular weight excluding hydrogens is 190 g/mol. The Kier molecular flexibility index (Phi) is 4.16. The Hall–Kier alpha value is -1.51. The van der Waals surface area contributed by atoms with Gasteiger partial charge in [0.2, 0.25) is 0 Å². The molecule has 1 aromatic carbocycles. The number of hydrogen-bond donors (Lipinski definition) is 1. The number of carbonyl (C=O) groups excluding carboxylic acids is 1. The lowest BCUT2D eigenvalue weighted by molar-refractivity contribution is -0.119. The molecule has 0 saturated carbocycles. The zero-order chi connectivity index (χ0) is 11.3. The van der Waals surface area contributed by atoms with Crippen molar-refractivity contribution >= 4 is 5.91 Å². The van der Waals surface area contributed by atoms with Crippen molar-refractivity contribution in [3.8, 4) is 5.75 Å². The molecule has 0 aromatic heterocycles. The summed E-state index contributed by atoms with van der Waals surface area (Å²) in [5, 5.41) is 0. The molecule has 0 radical (unpaired) electrons. The second kappa shape index (κ2) is 5.39. The molecule has 1 aromatic rings. The first kappa shape index (κ1) is 11.6. The van der Waals surface area contributed by atoms with Crippen molar-refractivity contribution in [1.82, 2.24) is 0 Å². The molecule has 82 valence electrons. The van der Waals surface area contributed by atoms with Crippen LogP contribution in [0, 0.1) is 0 Å². The monoisotopic (exact) mass is 207 g/mol. The molecule has 0 fully saturated rings. The number of amides is 1. The van der Waals surface area contributed by atoms with Crippen molar-refractivity contribution in [2.24, 2.45) is 5.73 Å². The predicted octanol–water partition coefficient (Wildman–Crippen LogP) is 2.06. The molecule has 0 saturated heterocycles. The maximum atomic E-state index is 10.6. The Bertz CT molecular complexity index is 336. The standard InChI is InChI=1S/C12H17NO2/c1-3-9(2)10-6-4-5-7-11(10)15-8-12(13)14/h4-7,9H,3,8H2,1-2H3,(H2,13,14). The van der Waals surface area contributed by atoms with Crippen LogP contribution in [-0.4, -0.2) is 12.5 Å². The molecular formula is C12H17NO2. The van der Waals surface area contributed by atoms with Gasteiger partial charge in [-0.15, -0.1) is 0 Å². The maximum absolute atomic E-state index is 10.6. The molecule has 0 spiro atoms. The maximum Gasteiger partial charge on any atom is 0.255 e. The second-order valence-corrected chi connectivity index (χ2v) is 3.60. The van der Waals surface area contributed by atoms with E-state index in [1.54, 1.807) is 0 Å². The van der Waals surface area contributed by atoms with Gasteiger partial charge in [-0.25, -0.2) is 0 Å². The third-order valence-electron chi connectivity index (χ3n) is 2.43. The molecule has 0 aliphatic carbocycles. The van der Waals surface area contributed by atoms with Gasteiger partial charge in [0.15, 0.2) is 6.61 Å². The number of rotatable bonds is 5. The normalized spacial score (nSPS) is 12.1. The lowest BCUT2D eigenvalue weighted by atomic mass is 9.98. The minimum atomic E-state index is -0.450. The van der Waals surface area contributed by atoms with E-state index in [0.717, 1.165) is 17.7 Å². The van der Waals surface area contributed by atoms with Crippen LogP contribution >= 0.6 is 0 Å². The highest BCUT2D eigenvalue weighted by Gasteiger charge is 2.09. The number of benzene rings is 1. The highest BCUT2D eigenvalue weighted by atomic mass is 16.5. The number of primary amides is 1. The number of hydrogen-bond acceptors (Lipinski definition) is 2. The average molecular weight is 207 g/mol. The van der Waals surface area contributed by atoms with Gasteiger partial charge in [0.25, 0.3) is 5.91 Å². The van der Waals surface area contributed by atoms with Gasteiger partial charge in [0.05, 0.1) is 0 Å². The first-order valence-electron chi connectivity index (χ1n) is 5.15. The summed E-state index contributed by atoms with van der Waals surface area (Å²) in [7, 11) is 0. The first-order valence-corrected chi connectivity index (χ1v) is 5.15.